The number of carbonyl (C=O) groups is 1. The highest BCUT2D eigenvalue weighted by atomic mass is 28.3. The lowest BCUT2D eigenvalue weighted by Gasteiger charge is -2.40. The second-order valence-corrected chi connectivity index (χ2v) is 30.1. The highest BCUT2D eigenvalue weighted by Gasteiger charge is 2.46. The molecule has 0 spiro atoms. The van der Waals surface area contributed by atoms with Crippen LogP contribution < -0.4 is 4.90 Å². The van der Waals surface area contributed by atoms with Crippen LogP contribution >= 0.6 is 0 Å². The molecule has 0 unspecified atom stereocenters. The van der Waals surface area contributed by atoms with Crippen LogP contribution in [-0.2, 0) is 20.6 Å². The van der Waals surface area contributed by atoms with E-state index in [1.54, 1.807) is 0 Å². The van der Waals surface area contributed by atoms with Gasteiger partial charge in [-0.25, -0.2) is 9.78 Å². The van der Waals surface area contributed by atoms with E-state index in [0.29, 0.717) is 32.3 Å². The van der Waals surface area contributed by atoms with E-state index in [1.807, 2.05) is 66.8 Å². The molecule has 0 saturated carbocycles. The average Bonchev–Trinajstić information content (AvgIpc) is 3.67. The highest BCUT2D eigenvalue weighted by Crippen LogP contribution is 2.46. The van der Waals surface area contributed by atoms with E-state index in [2.05, 4.69) is 68.5 Å². The van der Waals surface area contributed by atoms with Crippen molar-refractivity contribution in [2.45, 2.75) is 128 Å². The van der Waals surface area contributed by atoms with E-state index in [9.17, 15) is 10.1 Å². The third-order valence-corrected chi connectivity index (χ3v) is 14.1. The number of fused-ring (bicyclic) bond motifs is 3. The molecule has 4 aromatic rings. The Morgan fingerprint density at radius 2 is 1.52 bits per heavy atom. The van der Waals surface area contributed by atoms with Crippen molar-refractivity contribution >= 4 is 33.7 Å². The molecule has 2 bridgehead atoms. The second-order valence-electron chi connectivity index (χ2n) is 18.9. The van der Waals surface area contributed by atoms with Crippen molar-refractivity contribution in [2.75, 3.05) is 31.6 Å². The standard InChI is InChI=1S/C43H61N7O4Si2/c1-43(2,3)54-42(51)49-34-16-17-35(49)26-33(25-34)39-36(19-20-44)41(48(29-52-21-23-55(4,5)6)30-53-22-24-56(7,8)9)50-40(47-39)37(28-46-50)32-15-18-38(45-27-32)31-13-11-10-12-14-31/h10-15,18,27-28,33-35H,16-17,19,21-26,29-30H2,1-9H3/t33-,34+,35-. The van der Waals surface area contributed by atoms with Gasteiger partial charge in [-0.15, -0.1) is 0 Å². The van der Waals surface area contributed by atoms with Crippen molar-refractivity contribution in [3.05, 3.63) is 66.1 Å². The zero-order chi connectivity index (χ0) is 40.3. The number of nitriles is 1. The minimum atomic E-state index is -1.34. The molecule has 300 valence electrons. The van der Waals surface area contributed by atoms with Crippen LogP contribution in [0.3, 0.4) is 0 Å². The number of ether oxygens (including phenoxy) is 3. The van der Waals surface area contributed by atoms with Crippen LogP contribution in [-0.4, -0.2) is 91.1 Å². The number of aromatic nitrogens is 4. The van der Waals surface area contributed by atoms with Crippen LogP contribution in [0.1, 0.15) is 63.6 Å². The highest BCUT2D eigenvalue weighted by molar-refractivity contribution is 6.76. The molecule has 56 heavy (non-hydrogen) atoms. The number of piperidine rings is 1. The molecule has 11 nitrogen and oxygen atoms in total. The van der Waals surface area contributed by atoms with Crippen molar-refractivity contribution in [1.82, 2.24) is 24.5 Å². The summed E-state index contributed by atoms with van der Waals surface area (Å²) in [5.74, 6) is 0.802. The summed E-state index contributed by atoms with van der Waals surface area (Å²) in [5, 5.41) is 15.4. The van der Waals surface area contributed by atoms with Crippen molar-refractivity contribution in [3.8, 4) is 28.5 Å². The molecule has 2 saturated heterocycles. The van der Waals surface area contributed by atoms with Crippen molar-refractivity contribution in [1.29, 1.82) is 5.26 Å². The summed E-state index contributed by atoms with van der Waals surface area (Å²) >= 11 is 0. The average molecular weight is 796 g/mol. The van der Waals surface area contributed by atoms with E-state index >= 15 is 0 Å². The van der Waals surface area contributed by atoms with Gasteiger partial charge in [-0.1, -0.05) is 75.7 Å². The Bertz CT molecular complexity index is 1960. The van der Waals surface area contributed by atoms with Crippen molar-refractivity contribution in [3.63, 3.8) is 0 Å². The molecule has 0 N–H and O–H groups in total. The van der Waals surface area contributed by atoms with Crippen LogP contribution in [0.2, 0.25) is 51.4 Å². The first kappa shape index (κ1) is 41.5. The van der Waals surface area contributed by atoms with Gasteiger partial charge in [-0.2, -0.15) is 14.9 Å². The third-order valence-electron chi connectivity index (χ3n) is 10.7. The lowest BCUT2D eigenvalue weighted by molar-refractivity contribution is 0.00566. The molecule has 13 heteroatoms. The second kappa shape index (κ2) is 17.2. The molecule has 3 atom stereocenters. The minimum Gasteiger partial charge on any atom is -0.444 e. The maximum absolute atomic E-state index is 13.5. The maximum atomic E-state index is 13.5. The first-order chi connectivity index (χ1) is 26.5. The Morgan fingerprint density at radius 3 is 2.05 bits per heavy atom. The first-order valence-electron chi connectivity index (χ1n) is 20.2. The first-order valence-corrected chi connectivity index (χ1v) is 27.6. The van der Waals surface area contributed by atoms with Gasteiger partial charge < -0.3 is 24.0 Å². The summed E-state index contributed by atoms with van der Waals surface area (Å²) < 4.78 is 20.6. The van der Waals surface area contributed by atoms with Crippen LogP contribution in [0.25, 0.3) is 28.0 Å². The lowest BCUT2D eigenvalue weighted by atomic mass is 9.85. The topological polar surface area (TPSA) is 118 Å². The Balaban J connectivity index is 1.44. The Labute approximate surface area is 335 Å². The molecular weight excluding hydrogens is 735 g/mol. The Hall–Kier alpha value is -4.10. The maximum Gasteiger partial charge on any atom is 0.410 e. The molecule has 1 amide bonds. The lowest BCUT2D eigenvalue weighted by Crippen LogP contribution is -2.48. The van der Waals surface area contributed by atoms with Gasteiger partial charge in [0.15, 0.2) is 5.65 Å². The van der Waals surface area contributed by atoms with Gasteiger partial charge >= 0.3 is 6.09 Å². The van der Waals surface area contributed by atoms with E-state index in [0.717, 1.165) is 77.2 Å². The van der Waals surface area contributed by atoms with Gasteiger partial charge in [0.25, 0.3) is 0 Å². The number of hydrogen-bond acceptors (Lipinski definition) is 9. The zero-order valence-corrected chi connectivity index (χ0v) is 37.0. The number of pyridine rings is 1. The number of hydrogen-bond donors (Lipinski definition) is 0. The quantitative estimate of drug-likeness (QED) is 0.0659. The predicted molar refractivity (Wildman–Crippen MR) is 228 cm³/mol. The molecule has 2 fully saturated rings. The van der Waals surface area contributed by atoms with Crippen LogP contribution in [0.5, 0.6) is 0 Å². The Kier molecular flexibility index (Phi) is 12.7. The largest absolute Gasteiger partial charge is 0.444 e. The molecule has 1 aromatic carbocycles. The summed E-state index contributed by atoms with van der Waals surface area (Å²) in [4.78, 5) is 27.8. The molecule has 6 rings (SSSR count). The summed E-state index contributed by atoms with van der Waals surface area (Å²) in [7, 11) is -2.68. The minimum absolute atomic E-state index is 0.0297. The van der Waals surface area contributed by atoms with Gasteiger partial charge in [0.05, 0.1) is 30.1 Å². The Morgan fingerprint density at radius 1 is 0.893 bits per heavy atom. The van der Waals surface area contributed by atoms with Gasteiger partial charge in [0.2, 0.25) is 0 Å². The SMILES string of the molecule is CC(C)(C)OC(=O)N1[C@@H]2CC[C@H]1C[C@@H](c1nc3c(-c4ccc(-c5ccccc5)nc4)cnn3c(N(COCC[Si](C)(C)C)COCC[Si](C)(C)C)c1CC#N)C2. The third kappa shape index (κ3) is 10.3. The van der Waals surface area contributed by atoms with Gasteiger partial charge in [-0.05, 0) is 64.6 Å². The molecule has 2 aliphatic heterocycles. The number of anilines is 1. The molecule has 0 aliphatic carbocycles. The predicted octanol–water partition coefficient (Wildman–Crippen LogP) is 9.60. The molecule has 3 aromatic heterocycles. The number of carbonyl (C=O) groups excluding carboxylic acids is 1. The van der Waals surface area contributed by atoms with Crippen LogP contribution in [0.15, 0.2) is 54.9 Å². The number of amides is 1. The van der Waals surface area contributed by atoms with Crippen LogP contribution in [0.4, 0.5) is 10.6 Å². The van der Waals surface area contributed by atoms with Crippen molar-refractivity contribution in [2.24, 2.45) is 0 Å². The van der Waals surface area contributed by atoms with E-state index in [1.165, 1.54) is 0 Å². The van der Waals surface area contributed by atoms with Gasteiger partial charge in [0, 0.05) is 75.8 Å². The number of benzene rings is 1. The van der Waals surface area contributed by atoms with Crippen LogP contribution in [0, 0.1) is 11.3 Å². The zero-order valence-electron chi connectivity index (χ0n) is 35.0. The fourth-order valence-electron chi connectivity index (χ4n) is 7.75. The fraction of sp³-hybridized carbons (Fsp3) is 0.558. The molecular formula is C43H61N7O4Si2. The van der Waals surface area contributed by atoms with E-state index in [-0.39, 0.29) is 30.5 Å². The van der Waals surface area contributed by atoms with Crippen molar-refractivity contribution < 1.29 is 19.0 Å². The molecule has 5 heterocycles. The summed E-state index contributed by atoms with van der Waals surface area (Å²) in [6, 6.07) is 18.9. The van der Waals surface area contributed by atoms with Gasteiger partial charge in [0.1, 0.15) is 24.9 Å². The molecule has 0 radical (unpaired) electrons. The molecule has 2 aliphatic rings. The normalized spacial score (nSPS) is 18.6. The monoisotopic (exact) mass is 795 g/mol. The summed E-state index contributed by atoms with van der Waals surface area (Å²) in [5.41, 5.74) is 5.55. The smallest absolute Gasteiger partial charge is 0.410 e. The number of nitrogens with zero attached hydrogens (tertiary/aromatic N) is 7. The summed E-state index contributed by atoms with van der Waals surface area (Å²) in [6.45, 7) is 21.7. The fourth-order valence-corrected chi connectivity index (χ4v) is 9.27. The number of rotatable bonds is 15. The van der Waals surface area contributed by atoms with E-state index in [4.69, 9.17) is 29.3 Å². The van der Waals surface area contributed by atoms with Gasteiger partial charge in [-0.3, -0.25) is 4.98 Å². The summed E-state index contributed by atoms with van der Waals surface area (Å²) in [6.07, 6.45) is 6.98. The van der Waals surface area contributed by atoms with E-state index < -0.39 is 21.7 Å².